The molecule has 1 aromatic carbocycles. The zero-order chi connectivity index (χ0) is 25.0. The van der Waals surface area contributed by atoms with Crippen LogP contribution in [0.25, 0.3) is 22.3 Å². The minimum Gasteiger partial charge on any atom is -0.372 e. The van der Waals surface area contributed by atoms with Crippen LogP contribution in [0.2, 0.25) is 0 Å². The molecule has 0 saturated carbocycles. The zero-order valence-corrected chi connectivity index (χ0v) is 20.2. The second-order valence-electron chi connectivity index (χ2n) is 8.71. The molecule has 1 saturated heterocycles. The molecular formula is C25H30F2N6O2. The summed E-state index contributed by atoms with van der Waals surface area (Å²) < 4.78 is 31.7. The molecule has 186 valence electrons. The number of morpholine rings is 1. The molecule has 3 heterocycles. The van der Waals surface area contributed by atoms with Crippen molar-refractivity contribution in [3.8, 4) is 11.3 Å². The van der Waals surface area contributed by atoms with Crippen LogP contribution in [0.1, 0.15) is 20.8 Å². The predicted octanol–water partition coefficient (Wildman–Crippen LogP) is 3.83. The Morgan fingerprint density at radius 2 is 1.91 bits per heavy atom. The van der Waals surface area contributed by atoms with Gasteiger partial charge in [0.05, 0.1) is 24.4 Å². The van der Waals surface area contributed by atoms with Gasteiger partial charge in [0, 0.05) is 49.8 Å². The Kier molecular flexibility index (Phi) is 7.39. The van der Waals surface area contributed by atoms with E-state index in [4.69, 9.17) is 9.72 Å². The van der Waals surface area contributed by atoms with E-state index in [1.54, 1.807) is 19.3 Å². The van der Waals surface area contributed by atoms with Crippen molar-refractivity contribution >= 4 is 28.4 Å². The quantitative estimate of drug-likeness (QED) is 0.520. The summed E-state index contributed by atoms with van der Waals surface area (Å²) in [6.45, 7) is 8.52. The largest absolute Gasteiger partial charge is 0.372 e. The van der Waals surface area contributed by atoms with E-state index in [-0.39, 0.29) is 26.2 Å². The molecule has 1 N–H and O–H groups in total. The third kappa shape index (κ3) is 5.48. The van der Waals surface area contributed by atoms with E-state index in [1.807, 2.05) is 18.2 Å². The lowest BCUT2D eigenvalue weighted by Crippen LogP contribution is -2.56. The van der Waals surface area contributed by atoms with Crippen molar-refractivity contribution in [2.75, 3.05) is 49.5 Å². The van der Waals surface area contributed by atoms with Gasteiger partial charge in [-0.15, -0.1) is 0 Å². The van der Waals surface area contributed by atoms with Crippen LogP contribution < -0.4 is 10.2 Å². The molecule has 10 heteroatoms. The van der Waals surface area contributed by atoms with Crippen molar-refractivity contribution in [1.29, 1.82) is 0 Å². The standard InChI is InChI=1S/C25H30F2N6O2/c1-4-32(5-2)18-8-6-17(7-9-18)19-14-20-21(29-11-10-28-20)23(31-19)30-15-25(3)16-33(12-13-35-25)24(34)22(26)27/h6-11,14,22H,4-5,12-13,15-16H2,1-3H3,(H,30,31)/t25-/m0/s1. The molecule has 0 unspecified atom stereocenters. The Morgan fingerprint density at radius 1 is 1.20 bits per heavy atom. The number of hydrogen-bond acceptors (Lipinski definition) is 7. The lowest BCUT2D eigenvalue weighted by molar-refractivity contribution is -0.157. The topological polar surface area (TPSA) is 83.5 Å². The summed E-state index contributed by atoms with van der Waals surface area (Å²) in [5.74, 6) is -0.662. The third-order valence-corrected chi connectivity index (χ3v) is 6.21. The Labute approximate surface area is 203 Å². The molecule has 4 rings (SSSR count). The summed E-state index contributed by atoms with van der Waals surface area (Å²) in [5.41, 5.74) is 3.22. The van der Waals surface area contributed by atoms with Crippen molar-refractivity contribution in [1.82, 2.24) is 19.9 Å². The average molecular weight is 485 g/mol. The van der Waals surface area contributed by atoms with Crippen LogP contribution >= 0.6 is 0 Å². The Balaban J connectivity index is 1.59. The predicted molar refractivity (Wildman–Crippen MR) is 132 cm³/mol. The summed E-state index contributed by atoms with van der Waals surface area (Å²) in [5, 5.41) is 3.27. The van der Waals surface area contributed by atoms with Gasteiger partial charge < -0.3 is 19.9 Å². The molecule has 8 nitrogen and oxygen atoms in total. The summed E-state index contributed by atoms with van der Waals surface area (Å²) in [7, 11) is 0. The van der Waals surface area contributed by atoms with Crippen LogP contribution in [0.4, 0.5) is 20.3 Å². The van der Waals surface area contributed by atoms with Crippen LogP contribution in [-0.4, -0.2) is 77.1 Å². The van der Waals surface area contributed by atoms with Gasteiger partial charge in [0.1, 0.15) is 11.1 Å². The summed E-state index contributed by atoms with van der Waals surface area (Å²) in [6.07, 6.45) is 0.185. The second-order valence-corrected chi connectivity index (χ2v) is 8.71. The number of carbonyl (C=O) groups is 1. The maximum atomic E-state index is 12.9. The van der Waals surface area contributed by atoms with Gasteiger partial charge in [-0.1, -0.05) is 12.1 Å². The monoisotopic (exact) mass is 484 g/mol. The van der Waals surface area contributed by atoms with Crippen LogP contribution in [0.5, 0.6) is 0 Å². The van der Waals surface area contributed by atoms with E-state index in [2.05, 4.69) is 46.2 Å². The molecule has 1 aliphatic rings. The number of pyridine rings is 1. The number of aromatic nitrogens is 3. The van der Waals surface area contributed by atoms with Crippen molar-refractivity contribution in [3.05, 3.63) is 42.7 Å². The highest BCUT2D eigenvalue weighted by molar-refractivity contribution is 5.88. The van der Waals surface area contributed by atoms with Crippen molar-refractivity contribution in [2.45, 2.75) is 32.8 Å². The zero-order valence-electron chi connectivity index (χ0n) is 20.2. The van der Waals surface area contributed by atoms with Gasteiger partial charge in [0.2, 0.25) is 0 Å². The molecule has 1 fully saturated rings. The number of halogens is 2. The second kappa shape index (κ2) is 10.5. The first-order chi connectivity index (χ1) is 16.8. The smallest absolute Gasteiger partial charge is 0.315 e. The van der Waals surface area contributed by atoms with Crippen molar-refractivity contribution in [3.63, 3.8) is 0 Å². The van der Waals surface area contributed by atoms with E-state index < -0.39 is 17.9 Å². The Hall–Kier alpha value is -3.40. The molecule has 1 amide bonds. The molecule has 3 aromatic rings. The first-order valence-corrected chi connectivity index (χ1v) is 11.8. The van der Waals surface area contributed by atoms with Crippen LogP contribution in [-0.2, 0) is 9.53 Å². The number of rotatable bonds is 8. The highest BCUT2D eigenvalue weighted by Gasteiger charge is 2.36. The van der Waals surface area contributed by atoms with Crippen LogP contribution in [0.3, 0.4) is 0 Å². The fourth-order valence-corrected chi connectivity index (χ4v) is 4.31. The molecule has 0 spiro atoms. The van der Waals surface area contributed by atoms with Crippen LogP contribution in [0, 0.1) is 0 Å². The normalized spacial score (nSPS) is 18.2. The van der Waals surface area contributed by atoms with Gasteiger partial charge in [-0.3, -0.25) is 9.78 Å². The number of amides is 1. The molecule has 1 atom stereocenters. The SMILES string of the molecule is CCN(CC)c1ccc(-c2cc3nccnc3c(NC[C@@]3(C)CN(C(=O)C(F)F)CCO3)n2)cc1. The number of nitrogens with zero attached hydrogens (tertiary/aromatic N) is 5. The van der Waals surface area contributed by atoms with Crippen molar-refractivity contribution < 1.29 is 18.3 Å². The number of alkyl halides is 2. The van der Waals surface area contributed by atoms with E-state index in [1.165, 1.54) is 0 Å². The molecule has 35 heavy (non-hydrogen) atoms. The molecule has 0 bridgehead atoms. The lowest BCUT2D eigenvalue weighted by Gasteiger charge is -2.40. The van der Waals surface area contributed by atoms with Gasteiger partial charge in [0.25, 0.3) is 5.91 Å². The molecule has 0 aliphatic carbocycles. The molecule has 1 aliphatic heterocycles. The Morgan fingerprint density at radius 3 is 2.60 bits per heavy atom. The number of ether oxygens (including phenoxy) is 1. The molecular weight excluding hydrogens is 454 g/mol. The number of carbonyl (C=O) groups excluding carboxylic acids is 1. The van der Waals surface area contributed by atoms with E-state index >= 15 is 0 Å². The van der Waals surface area contributed by atoms with Gasteiger partial charge in [-0.25, -0.2) is 9.97 Å². The Bertz CT molecular complexity index is 1170. The highest BCUT2D eigenvalue weighted by Crippen LogP contribution is 2.28. The third-order valence-electron chi connectivity index (χ3n) is 6.21. The van der Waals surface area contributed by atoms with E-state index in [0.717, 1.165) is 34.9 Å². The number of hydrogen-bond donors (Lipinski definition) is 1. The maximum absolute atomic E-state index is 12.9. The summed E-state index contributed by atoms with van der Waals surface area (Å²) in [4.78, 5) is 28.9. The van der Waals surface area contributed by atoms with Crippen molar-refractivity contribution in [2.24, 2.45) is 0 Å². The van der Waals surface area contributed by atoms with Gasteiger partial charge in [-0.05, 0) is 39.0 Å². The number of benzene rings is 1. The minimum atomic E-state index is -3.03. The first-order valence-electron chi connectivity index (χ1n) is 11.8. The lowest BCUT2D eigenvalue weighted by atomic mass is 10.0. The highest BCUT2D eigenvalue weighted by atomic mass is 19.3. The summed E-state index contributed by atoms with van der Waals surface area (Å²) in [6, 6.07) is 10.1. The average Bonchev–Trinajstić information content (AvgIpc) is 2.88. The van der Waals surface area contributed by atoms with E-state index in [9.17, 15) is 13.6 Å². The van der Waals surface area contributed by atoms with Gasteiger partial charge in [-0.2, -0.15) is 8.78 Å². The molecule has 0 radical (unpaired) electrons. The summed E-state index contributed by atoms with van der Waals surface area (Å²) >= 11 is 0. The first kappa shape index (κ1) is 24.7. The van der Waals surface area contributed by atoms with Gasteiger partial charge >= 0.3 is 6.43 Å². The minimum absolute atomic E-state index is 0.0549. The number of anilines is 2. The molecule has 2 aromatic heterocycles. The van der Waals surface area contributed by atoms with E-state index in [0.29, 0.717) is 16.9 Å². The fourth-order valence-electron chi connectivity index (χ4n) is 4.31. The van der Waals surface area contributed by atoms with Gasteiger partial charge in [0.15, 0.2) is 5.82 Å². The number of fused-ring (bicyclic) bond motifs is 1. The fraction of sp³-hybridized carbons (Fsp3) is 0.440. The number of nitrogens with one attached hydrogen (secondary N) is 1. The maximum Gasteiger partial charge on any atom is 0.315 e. The van der Waals surface area contributed by atoms with Crippen LogP contribution in [0.15, 0.2) is 42.7 Å².